The van der Waals surface area contributed by atoms with Crippen LogP contribution in [-0.2, 0) is 11.0 Å². The van der Waals surface area contributed by atoms with Gasteiger partial charge in [-0.25, -0.2) is 4.68 Å². The van der Waals surface area contributed by atoms with E-state index >= 15 is 0 Å². The third-order valence-corrected chi connectivity index (χ3v) is 7.52. The lowest BCUT2D eigenvalue weighted by molar-refractivity contribution is -0.139. The van der Waals surface area contributed by atoms with Gasteiger partial charge in [-0.15, -0.1) is 0 Å². The molecular weight excluding hydrogens is 457 g/mol. The van der Waals surface area contributed by atoms with Crippen LogP contribution in [0.15, 0.2) is 30.5 Å². The highest BCUT2D eigenvalue weighted by atomic mass is 19.4. The molecule has 1 aromatic carbocycles. The van der Waals surface area contributed by atoms with Gasteiger partial charge in [0.15, 0.2) is 0 Å². The van der Waals surface area contributed by atoms with Crippen LogP contribution >= 0.6 is 0 Å². The smallest absolute Gasteiger partial charge is 0.342 e. The monoisotopic (exact) mass is 488 g/mol. The molecule has 3 heterocycles. The van der Waals surface area contributed by atoms with Gasteiger partial charge in [0.2, 0.25) is 5.91 Å². The molecule has 3 fully saturated rings. The second-order valence-electron chi connectivity index (χ2n) is 10.3. The molecule has 1 aliphatic carbocycles. The van der Waals surface area contributed by atoms with Crippen molar-refractivity contribution in [2.45, 2.75) is 57.5 Å². The molecule has 1 atom stereocenters. The van der Waals surface area contributed by atoms with Gasteiger partial charge in [-0.3, -0.25) is 9.59 Å². The van der Waals surface area contributed by atoms with E-state index in [-0.39, 0.29) is 23.7 Å². The summed E-state index contributed by atoms with van der Waals surface area (Å²) >= 11 is 0. The molecule has 1 saturated carbocycles. The molecule has 0 radical (unpaired) electrons. The number of nitrogens with zero attached hydrogens (tertiary/aromatic N) is 4. The molecule has 35 heavy (non-hydrogen) atoms. The quantitative estimate of drug-likeness (QED) is 0.617. The van der Waals surface area contributed by atoms with Crippen LogP contribution in [0, 0.1) is 11.8 Å². The normalized spacial score (nSPS) is 21.9. The molecule has 9 heteroatoms. The first kappa shape index (κ1) is 23.9. The van der Waals surface area contributed by atoms with Crippen LogP contribution in [0.25, 0.3) is 5.69 Å². The molecule has 1 aromatic heterocycles. The average molecular weight is 489 g/mol. The first-order valence-corrected chi connectivity index (χ1v) is 12.6. The van der Waals surface area contributed by atoms with Crippen molar-refractivity contribution in [1.29, 1.82) is 0 Å². The van der Waals surface area contributed by atoms with Crippen LogP contribution in [0.2, 0.25) is 0 Å². The molecule has 2 amide bonds. The zero-order valence-corrected chi connectivity index (χ0v) is 19.9. The van der Waals surface area contributed by atoms with Crippen LogP contribution in [0.5, 0.6) is 0 Å². The Bertz CT molecular complexity index is 1100. The number of likely N-dealkylation sites (tertiary alicyclic amines) is 2. The Balaban J connectivity index is 1.30. The number of piperidine rings is 2. The predicted octanol–water partition coefficient (Wildman–Crippen LogP) is 4.88. The van der Waals surface area contributed by atoms with Gasteiger partial charge in [-0.05, 0) is 62.6 Å². The molecule has 6 nitrogen and oxygen atoms in total. The summed E-state index contributed by atoms with van der Waals surface area (Å²) in [5, 5.41) is 4.34. The van der Waals surface area contributed by atoms with E-state index in [0.717, 1.165) is 50.9 Å². The van der Waals surface area contributed by atoms with Crippen molar-refractivity contribution in [1.82, 2.24) is 19.6 Å². The second kappa shape index (κ2) is 9.32. The van der Waals surface area contributed by atoms with Gasteiger partial charge in [-0.2, -0.15) is 18.3 Å². The van der Waals surface area contributed by atoms with Gasteiger partial charge in [0, 0.05) is 38.0 Å². The van der Waals surface area contributed by atoms with Gasteiger partial charge >= 0.3 is 6.18 Å². The number of alkyl halides is 3. The number of hydrogen-bond donors (Lipinski definition) is 0. The third-order valence-electron chi connectivity index (χ3n) is 7.52. The van der Waals surface area contributed by atoms with Gasteiger partial charge < -0.3 is 9.80 Å². The maximum Gasteiger partial charge on any atom is 0.416 e. The van der Waals surface area contributed by atoms with Crippen molar-refractivity contribution in [2.75, 3.05) is 26.2 Å². The second-order valence-corrected chi connectivity index (χ2v) is 10.3. The number of aromatic nitrogens is 2. The average Bonchev–Trinajstić information content (AvgIpc) is 3.60. The zero-order chi connectivity index (χ0) is 24.7. The maximum atomic E-state index is 13.4. The molecular formula is C26H31F3N4O2. The van der Waals surface area contributed by atoms with E-state index in [1.807, 2.05) is 4.90 Å². The van der Waals surface area contributed by atoms with Crippen molar-refractivity contribution in [3.05, 3.63) is 47.3 Å². The third kappa shape index (κ3) is 4.95. The Morgan fingerprint density at radius 1 is 1.00 bits per heavy atom. The lowest BCUT2D eigenvalue weighted by Crippen LogP contribution is -2.47. The summed E-state index contributed by atoms with van der Waals surface area (Å²) in [6.45, 7) is 4.81. The topological polar surface area (TPSA) is 58.4 Å². The summed E-state index contributed by atoms with van der Waals surface area (Å²) in [4.78, 5) is 30.2. The number of carbonyl (C=O) groups excluding carboxylic acids is 2. The minimum absolute atomic E-state index is 0.0555. The lowest BCUT2D eigenvalue weighted by atomic mass is 9.92. The van der Waals surface area contributed by atoms with Crippen LogP contribution in [0.3, 0.4) is 0 Å². The summed E-state index contributed by atoms with van der Waals surface area (Å²) in [7, 11) is 0. The molecule has 2 aliphatic heterocycles. The summed E-state index contributed by atoms with van der Waals surface area (Å²) in [6.07, 6.45) is 2.29. The van der Waals surface area contributed by atoms with Gasteiger partial charge in [0.25, 0.3) is 5.91 Å². The van der Waals surface area contributed by atoms with Crippen molar-refractivity contribution < 1.29 is 22.8 Å². The fourth-order valence-corrected chi connectivity index (χ4v) is 5.44. The standard InChI is InChI=1S/C26H31F3N4O2/c1-17-4-3-11-32(16-17)24(34)19-9-12-31(13-10-19)25(35)22-15-30-33(23(22)18-7-8-18)21-6-2-5-20(14-21)26(27,28)29/h2,5-6,14-15,17-19H,3-4,7-13,16H2,1H3. The molecule has 3 aliphatic rings. The zero-order valence-electron chi connectivity index (χ0n) is 19.9. The first-order valence-electron chi connectivity index (χ1n) is 12.6. The minimum Gasteiger partial charge on any atom is -0.342 e. The predicted molar refractivity (Wildman–Crippen MR) is 124 cm³/mol. The van der Waals surface area contributed by atoms with E-state index in [1.54, 1.807) is 11.0 Å². The highest BCUT2D eigenvalue weighted by Gasteiger charge is 2.37. The Labute approximate surface area is 203 Å². The summed E-state index contributed by atoms with van der Waals surface area (Å²) in [5.41, 5.74) is 0.713. The Morgan fingerprint density at radius 2 is 1.74 bits per heavy atom. The number of hydrogen-bond acceptors (Lipinski definition) is 3. The molecule has 0 N–H and O–H groups in total. The highest BCUT2D eigenvalue weighted by Crippen LogP contribution is 2.43. The van der Waals surface area contributed by atoms with E-state index in [9.17, 15) is 22.8 Å². The number of benzene rings is 1. The number of carbonyl (C=O) groups is 2. The van der Waals surface area contributed by atoms with E-state index < -0.39 is 11.7 Å². The van der Waals surface area contributed by atoms with E-state index in [4.69, 9.17) is 0 Å². The Hall–Kier alpha value is -2.84. The molecule has 0 spiro atoms. The van der Waals surface area contributed by atoms with Crippen LogP contribution in [-0.4, -0.2) is 57.6 Å². The van der Waals surface area contributed by atoms with Crippen molar-refractivity contribution in [3.8, 4) is 5.69 Å². The molecule has 2 saturated heterocycles. The summed E-state index contributed by atoms with van der Waals surface area (Å²) in [6, 6.07) is 5.06. The largest absolute Gasteiger partial charge is 0.416 e. The minimum atomic E-state index is -4.45. The molecule has 5 rings (SSSR count). The Morgan fingerprint density at radius 3 is 2.40 bits per heavy atom. The fraction of sp³-hybridized carbons (Fsp3) is 0.577. The SMILES string of the molecule is CC1CCCN(C(=O)C2CCN(C(=O)c3cnn(-c4cccc(C(F)(F)F)c4)c3C3CC3)CC2)C1. The van der Waals surface area contributed by atoms with Crippen molar-refractivity contribution >= 4 is 11.8 Å². The summed E-state index contributed by atoms with van der Waals surface area (Å²) in [5.74, 6) is 0.650. The first-order chi connectivity index (χ1) is 16.7. The number of amides is 2. The number of halogens is 3. The van der Waals surface area contributed by atoms with E-state index in [2.05, 4.69) is 12.0 Å². The lowest BCUT2D eigenvalue weighted by Gasteiger charge is -2.37. The van der Waals surface area contributed by atoms with E-state index in [0.29, 0.717) is 48.8 Å². The highest BCUT2D eigenvalue weighted by molar-refractivity contribution is 5.96. The van der Waals surface area contributed by atoms with Crippen molar-refractivity contribution in [2.24, 2.45) is 11.8 Å². The summed E-state index contributed by atoms with van der Waals surface area (Å²) < 4.78 is 41.2. The molecule has 188 valence electrons. The molecule has 1 unspecified atom stereocenters. The van der Waals surface area contributed by atoms with Crippen LogP contribution in [0.1, 0.15) is 73.0 Å². The molecule has 0 bridgehead atoms. The van der Waals surface area contributed by atoms with Gasteiger partial charge in [-0.1, -0.05) is 13.0 Å². The maximum absolute atomic E-state index is 13.4. The fourth-order valence-electron chi connectivity index (χ4n) is 5.44. The van der Waals surface area contributed by atoms with Crippen molar-refractivity contribution in [3.63, 3.8) is 0 Å². The molecule has 2 aromatic rings. The van der Waals surface area contributed by atoms with Gasteiger partial charge in [0.1, 0.15) is 0 Å². The Kier molecular flexibility index (Phi) is 6.36. The van der Waals surface area contributed by atoms with Crippen LogP contribution in [0.4, 0.5) is 13.2 Å². The van der Waals surface area contributed by atoms with Crippen LogP contribution < -0.4 is 0 Å². The van der Waals surface area contributed by atoms with Gasteiger partial charge in [0.05, 0.1) is 28.7 Å². The number of rotatable bonds is 4. The van der Waals surface area contributed by atoms with E-state index in [1.165, 1.54) is 16.9 Å².